The van der Waals surface area contributed by atoms with E-state index in [2.05, 4.69) is 5.32 Å². The van der Waals surface area contributed by atoms with Crippen molar-refractivity contribution < 1.29 is 28.7 Å². The van der Waals surface area contributed by atoms with Gasteiger partial charge in [0.2, 0.25) is 11.8 Å². The van der Waals surface area contributed by atoms with Gasteiger partial charge in [0.05, 0.1) is 18.9 Å². The monoisotopic (exact) mass is 372 g/mol. The molecule has 1 fully saturated rings. The van der Waals surface area contributed by atoms with Crippen molar-refractivity contribution in [3.63, 3.8) is 0 Å². The number of ether oxygens (including phenoxy) is 2. The highest BCUT2D eigenvalue weighted by Crippen LogP contribution is 2.34. The fourth-order valence-electron chi connectivity index (χ4n) is 3.22. The zero-order chi connectivity index (χ0) is 19.4. The molecule has 27 heavy (non-hydrogen) atoms. The Balaban J connectivity index is 1.47. The third kappa shape index (κ3) is 4.16. The Morgan fingerprint density at radius 3 is 2.22 bits per heavy atom. The van der Waals surface area contributed by atoms with Crippen molar-refractivity contribution in [1.29, 1.82) is 0 Å². The summed E-state index contributed by atoms with van der Waals surface area (Å²) in [5, 5.41) is 2.57. The highest BCUT2D eigenvalue weighted by atomic mass is 16.5. The molecular formula is C19H20N2O6. The number of fused-ring (bicyclic) bond motifs is 1. The van der Waals surface area contributed by atoms with Gasteiger partial charge in [0, 0.05) is 5.69 Å². The topological polar surface area (TPSA) is 102 Å². The Morgan fingerprint density at radius 2 is 1.67 bits per heavy atom. The molecule has 2 atom stereocenters. The van der Waals surface area contributed by atoms with Gasteiger partial charge in [-0.05, 0) is 37.1 Å². The van der Waals surface area contributed by atoms with Crippen LogP contribution in [0.25, 0.3) is 0 Å². The molecule has 8 heteroatoms. The number of imide groups is 1. The average molecular weight is 372 g/mol. The number of carbonyl (C=O) groups is 4. The molecule has 1 aliphatic heterocycles. The highest BCUT2D eigenvalue weighted by molar-refractivity contribution is 6.07. The molecule has 1 saturated heterocycles. The molecule has 1 heterocycles. The molecule has 3 amide bonds. The molecule has 0 spiro atoms. The molecule has 0 radical (unpaired) electrons. The lowest BCUT2D eigenvalue weighted by Crippen LogP contribution is -2.37. The Bertz CT molecular complexity index is 760. The van der Waals surface area contributed by atoms with E-state index in [1.54, 1.807) is 24.3 Å². The predicted octanol–water partition coefficient (Wildman–Crippen LogP) is 1.13. The van der Waals surface area contributed by atoms with Gasteiger partial charge >= 0.3 is 5.97 Å². The van der Waals surface area contributed by atoms with Crippen LogP contribution in [0.4, 0.5) is 5.69 Å². The Kier molecular flexibility index (Phi) is 5.54. The van der Waals surface area contributed by atoms with Gasteiger partial charge in [-0.1, -0.05) is 12.2 Å². The summed E-state index contributed by atoms with van der Waals surface area (Å²) in [4.78, 5) is 49.3. The molecule has 1 aliphatic carbocycles. The zero-order valence-corrected chi connectivity index (χ0v) is 14.8. The maximum atomic E-state index is 12.3. The number of nitrogens with zero attached hydrogens (tertiary/aromatic N) is 1. The SMILES string of the molecule is COc1ccc(NC(=O)COC(=O)CN2C(=O)[C@H]3CC=CC[C@H]3C2=O)cc1. The number of nitrogens with one attached hydrogen (secondary N) is 1. The normalized spacial score (nSPS) is 21.0. The predicted molar refractivity (Wildman–Crippen MR) is 94.7 cm³/mol. The lowest BCUT2D eigenvalue weighted by atomic mass is 9.85. The van der Waals surface area contributed by atoms with Crippen molar-refractivity contribution in [3.8, 4) is 5.75 Å². The molecule has 1 N–H and O–H groups in total. The number of carbonyl (C=O) groups excluding carboxylic acids is 4. The van der Waals surface area contributed by atoms with Crippen LogP contribution < -0.4 is 10.1 Å². The zero-order valence-electron chi connectivity index (χ0n) is 14.8. The molecule has 2 aliphatic rings. The Labute approximate surface area is 156 Å². The van der Waals surface area contributed by atoms with Crippen molar-refractivity contribution in [1.82, 2.24) is 4.90 Å². The van der Waals surface area contributed by atoms with E-state index in [1.807, 2.05) is 12.2 Å². The van der Waals surface area contributed by atoms with E-state index in [-0.39, 0.29) is 11.8 Å². The number of rotatable bonds is 6. The van der Waals surface area contributed by atoms with Crippen molar-refractivity contribution >= 4 is 29.4 Å². The molecule has 0 bridgehead atoms. The molecule has 0 aromatic heterocycles. The Morgan fingerprint density at radius 1 is 1.07 bits per heavy atom. The van der Waals surface area contributed by atoms with Crippen molar-refractivity contribution in [2.75, 3.05) is 25.6 Å². The number of hydrogen-bond acceptors (Lipinski definition) is 6. The van der Waals surface area contributed by atoms with Crippen LogP contribution in [0.2, 0.25) is 0 Å². The maximum absolute atomic E-state index is 12.3. The molecule has 1 aromatic rings. The van der Waals surface area contributed by atoms with E-state index >= 15 is 0 Å². The summed E-state index contributed by atoms with van der Waals surface area (Å²) in [6.07, 6.45) is 4.76. The second-order valence-electron chi connectivity index (χ2n) is 6.36. The lowest BCUT2D eigenvalue weighted by molar-refractivity contribution is -0.154. The number of esters is 1. The van der Waals surface area contributed by atoms with Crippen molar-refractivity contribution in [3.05, 3.63) is 36.4 Å². The first-order chi connectivity index (χ1) is 13.0. The summed E-state index contributed by atoms with van der Waals surface area (Å²) in [6.45, 7) is -0.976. The highest BCUT2D eigenvalue weighted by Gasteiger charge is 2.47. The van der Waals surface area contributed by atoms with Crippen LogP contribution in [0.5, 0.6) is 5.75 Å². The number of amides is 3. The first-order valence-electron chi connectivity index (χ1n) is 8.59. The standard InChI is InChI=1S/C19H20N2O6/c1-26-13-8-6-12(7-9-13)20-16(22)11-27-17(23)10-21-18(24)14-4-2-3-5-15(14)19(21)25/h2-3,6-9,14-15H,4-5,10-11H2,1H3,(H,20,22)/t14-,15+. The lowest BCUT2D eigenvalue weighted by Gasteiger charge is -2.14. The molecule has 0 saturated carbocycles. The van der Waals surface area contributed by atoms with Gasteiger partial charge in [-0.2, -0.15) is 0 Å². The third-order valence-electron chi connectivity index (χ3n) is 4.62. The number of allylic oxidation sites excluding steroid dienone is 2. The van der Waals surface area contributed by atoms with E-state index in [9.17, 15) is 19.2 Å². The maximum Gasteiger partial charge on any atom is 0.326 e. The molecule has 8 nitrogen and oxygen atoms in total. The largest absolute Gasteiger partial charge is 0.497 e. The summed E-state index contributed by atoms with van der Waals surface area (Å²) in [5.74, 6) is -2.17. The number of likely N-dealkylation sites (tertiary alicyclic amines) is 1. The van der Waals surface area contributed by atoms with Crippen LogP contribution in [0.1, 0.15) is 12.8 Å². The third-order valence-corrected chi connectivity index (χ3v) is 4.62. The second-order valence-corrected chi connectivity index (χ2v) is 6.36. The quantitative estimate of drug-likeness (QED) is 0.456. The van der Waals surface area contributed by atoms with Crippen LogP contribution in [0.3, 0.4) is 0 Å². The smallest absolute Gasteiger partial charge is 0.326 e. The first-order valence-corrected chi connectivity index (χ1v) is 8.59. The molecular weight excluding hydrogens is 352 g/mol. The number of hydrogen-bond donors (Lipinski definition) is 1. The van der Waals surface area contributed by atoms with E-state index in [0.717, 1.165) is 4.90 Å². The van der Waals surface area contributed by atoms with Crippen LogP contribution in [0.15, 0.2) is 36.4 Å². The fourth-order valence-corrected chi connectivity index (χ4v) is 3.22. The van der Waals surface area contributed by atoms with Crippen molar-refractivity contribution in [2.45, 2.75) is 12.8 Å². The van der Waals surface area contributed by atoms with Crippen LogP contribution in [-0.2, 0) is 23.9 Å². The molecule has 0 unspecified atom stereocenters. The summed E-state index contributed by atoms with van der Waals surface area (Å²) >= 11 is 0. The van der Waals surface area contributed by atoms with Crippen LogP contribution >= 0.6 is 0 Å². The molecule has 3 rings (SSSR count). The summed E-state index contributed by atoms with van der Waals surface area (Å²) < 4.78 is 9.92. The van der Waals surface area contributed by atoms with Gasteiger partial charge in [-0.3, -0.25) is 24.1 Å². The average Bonchev–Trinajstić information content (AvgIpc) is 2.92. The van der Waals surface area contributed by atoms with Gasteiger partial charge in [0.1, 0.15) is 12.3 Å². The Hall–Kier alpha value is -3.16. The first kappa shape index (κ1) is 18.6. The van der Waals surface area contributed by atoms with Gasteiger partial charge in [0.25, 0.3) is 5.91 Å². The van der Waals surface area contributed by atoms with Gasteiger partial charge in [-0.25, -0.2) is 0 Å². The minimum absolute atomic E-state index is 0.353. The van der Waals surface area contributed by atoms with E-state index in [1.165, 1.54) is 7.11 Å². The fraction of sp³-hybridized carbons (Fsp3) is 0.368. The molecule has 1 aromatic carbocycles. The second kappa shape index (κ2) is 8.03. The summed E-state index contributed by atoms with van der Waals surface area (Å²) in [6, 6.07) is 6.66. The molecule has 142 valence electrons. The van der Waals surface area contributed by atoms with E-state index < -0.39 is 36.9 Å². The van der Waals surface area contributed by atoms with Crippen LogP contribution in [0, 0.1) is 11.8 Å². The van der Waals surface area contributed by atoms with Crippen molar-refractivity contribution in [2.24, 2.45) is 11.8 Å². The van der Waals surface area contributed by atoms with E-state index in [4.69, 9.17) is 9.47 Å². The van der Waals surface area contributed by atoms with Crippen LogP contribution in [-0.4, -0.2) is 48.9 Å². The number of benzene rings is 1. The minimum atomic E-state index is -0.798. The number of methoxy groups -OCH3 is 1. The van der Waals surface area contributed by atoms with Gasteiger partial charge in [0.15, 0.2) is 6.61 Å². The summed E-state index contributed by atoms with van der Waals surface area (Å²) in [7, 11) is 1.54. The minimum Gasteiger partial charge on any atom is -0.497 e. The summed E-state index contributed by atoms with van der Waals surface area (Å²) in [5.41, 5.74) is 0.526. The van der Waals surface area contributed by atoms with E-state index in [0.29, 0.717) is 24.3 Å². The van der Waals surface area contributed by atoms with Gasteiger partial charge in [-0.15, -0.1) is 0 Å². The number of anilines is 1. The van der Waals surface area contributed by atoms with Gasteiger partial charge < -0.3 is 14.8 Å².